The second-order valence-corrected chi connectivity index (χ2v) is 9.38. The number of allylic oxidation sites excluding steroid dienone is 2. The average Bonchev–Trinajstić information content (AvgIpc) is 3.49. The van der Waals surface area contributed by atoms with E-state index in [9.17, 15) is 19.2 Å². The molecule has 0 N–H and O–H groups in total. The molecule has 6 rings (SSSR count). The maximum Gasteiger partial charge on any atom is 0.329 e. The van der Waals surface area contributed by atoms with E-state index >= 15 is 0 Å². The van der Waals surface area contributed by atoms with Crippen LogP contribution >= 0.6 is 23.2 Å². The molecule has 0 aromatic heterocycles. The minimum atomic E-state index is -1.08. The van der Waals surface area contributed by atoms with Crippen LogP contribution in [0.3, 0.4) is 0 Å². The number of amides is 2. The van der Waals surface area contributed by atoms with E-state index in [2.05, 4.69) is 12.2 Å². The fourth-order valence-corrected chi connectivity index (χ4v) is 6.03. The number of rotatable bonds is 5. The molecule has 0 spiro atoms. The number of likely N-dealkylation sites (tertiary alicyclic amines) is 1. The van der Waals surface area contributed by atoms with Crippen LogP contribution < -0.4 is 0 Å². The molecule has 30 heavy (non-hydrogen) atoms. The van der Waals surface area contributed by atoms with Gasteiger partial charge in [-0.2, -0.15) is 0 Å². The van der Waals surface area contributed by atoms with Gasteiger partial charge in [-0.1, -0.05) is 35.4 Å². The zero-order valence-corrected chi connectivity index (χ0v) is 17.6. The third-order valence-electron chi connectivity index (χ3n) is 7.00. The lowest BCUT2D eigenvalue weighted by Gasteiger charge is -2.37. The van der Waals surface area contributed by atoms with Crippen molar-refractivity contribution < 1.29 is 23.9 Å². The van der Waals surface area contributed by atoms with E-state index in [1.165, 1.54) is 25.1 Å². The highest BCUT2D eigenvalue weighted by Crippen LogP contribution is 2.65. The number of benzene rings is 1. The first-order valence-electron chi connectivity index (χ1n) is 9.99. The van der Waals surface area contributed by atoms with E-state index < -0.39 is 24.4 Å². The molecule has 1 saturated heterocycles. The highest BCUT2D eigenvalue weighted by atomic mass is 35.5. The first kappa shape index (κ1) is 19.8. The van der Waals surface area contributed by atoms with Gasteiger partial charge in [0.05, 0.1) is 16.9 Å². The molecule has 2 saturated carbocycles. The molecule has 1 aromatic rings. The molecule has 4 aliphatic carbocycles. The quantitative estimate of drug-likeness (QED) is 0.299. The Morgan fingerprint density at radius 1 is 1.10 bits per heavy atom. The molecule has 5 aliphatic rings. The lowest BCUT2D eigenvalue weighted by Crippen LogP contribution is -2.45. The summed E-state index contributed by atoms with van der Waals surface area (Å²) in [6.07, 6.45) is 5.22. The van der Waals surface area contributed by atoms with Gasteiger partial charge in [0, 0.05) is 10.6 Å². The van der Waals surface area contributed by atoms with Gasteiger partial charge in [-0.15, -0.1) is 0 Å². The Morgan fingerprint density at radius 2 is 1.70 bits per heavy atom. The lowest BCUT2D eigenvalue weighted by molar-refractivity contribution is -0.157. The van der Waals surface area contributed by atoms with Crippen LogP contribution in [0.4, 0.5) is 0 Å². The largest absolute Gasteiger partial charge is 0.456 e. The van der Waals surface area contributed by atoms with Crippen LogP contribution in [0.2, 0.25) is 10.0 Å². The van der Waals surface area contributed by atoms with Crippen molar-refractivity contribution in [1.29, 1.82) is 0 Å². The zero-order chi connectivity index (χ0) is 21.3. The summed E-state index contributed by atoms with van der Waals surface area (Å²) in [6.45, 7) is 0.926. The van der Waals surface area contributed by atoms with Crippen molar-refractivity contribution in [2.75, 3.05) is 6.61 Å². The molecule has 1 aliphatic heterocycles. The molecule has 8 heteroatoms. The maximum atomic E-state index is 13.1. The Hall–Kier alpha value is -2.18. The van der Waals surface area contributed by atoms with E-state index in [1.807, 2.05) is 0 Å². The van der Waals surface area contributed by atoms with Gasteiger partial charge in [0.25, 0.3) is 0 Å². The van der Waals surface area contributed by atoms with Crippen molar-refractivity contribution in [3.63, 3.8) is 0 Å². The maximum absolute atomic E-state index is 13.1. The van der Waals surface area contributed by atoms with Gasteiger partial charge in [-0.3, -0.25) is 19.3 Å². The van der Waals surface area contributed by atoms with Crippen molar-refractivity contribution in [2.45, 2.75) is 19.4 Å². The number of carbonyl (C=O) groups excluding carboxylic acids is 4. The molecular formula is C22H19Cl2NO5. The number of ether oxygens (including phenoxy) is 1. The van der Waals surface area contributed by atoms with E-state index in [0.717, 1.165) is 11.3 Å². The second kappa shape index (κ2) is 6.92. The molecule has 6 nitrogen and oxygen atoms in total. The van der Waals surface area contributed by atoms with Crippen LogP contribution in [0.15, 0.2) is 30.4 Å². The third-order valence-corrected chi connectivity index (χ3v) is 7.55. The molecule has 7 atom stereocenters. The highest BCUT2D eigenvalue weighted by Gasteiger charge is 2.67. The molecule has 2 bridgehead atoms. The van der Waals surface area contributed by atoms with E-state index in [0.29, 0.717) is 16.9 Å². The summed E-state index contributed by atoms with van der Waals surface area (Å²) in [5.74, 6) is -1.48. The SMILES string of the molecule is C[C@H](C(=O)OCC(=O)c1ccc(Cl)cc1Cl)N1C(=O)[C@H]2[C@@H]3C=C[C@H]([C@H]4C[C@H]34)[C@@H]2C1=O. The standard InChI is InChI=1S/C22H19Cl2NO5/c1-9(22(29)30-8-17(26)13-3-2-10(23)6-16(13)24)25-20(27)18-11-4-5-12(15-7-14(11)15)19(18)21(25)28/h2-6,9,11-12,14-15,18-19H,7-8H2,1H3/t9-,11-,12-,14-,15-,18+,19+/m1/s1. The number of Topliss-reactive ketones (excluding diaryl/α,β-unsaturated/α-hetero) is 1. The average molecular weight is 448 g/mol. The molecule has 0 unspecified atom stereocenters. The molecule has 3 fully saturated rings. The number of hydrogen-bond donors (Lipinski definition) is 0. The van der Waals surface area contributed by atoms with Gasteiger partial charge < -0.3 is 4.74 Å². The van der Waals surface area contributed by atoms with Crippen LogP contribution in [0.5, 0.6) is 0 Å². The summed E-state index contributed by atoms with van der Waals surface area (Å²) in [5.41, 5.74) is 0.183. The third kappa shape index (κ3) is 2.84. The van der Waals surface area contributed by atoms with Crippen LogP contribution in [-0.2, 0) is 19.1 Å². The van der Waals surface area contributed by atoms with Crippen molar-refractivity contribution in [2.24, 2.45) is 35.5 Å². The van der Waals surface area contributed by atoms with Gasteiger partial charge in [-0.25, -0.2) is 4.79 Å². The molecular weight excluding hydrogens is 429 g/mol. The smallest absolute Gasteiger partial charge is 0.329 e. The second-order valence-electron chi connectivity index (χ2n) is 8.53. The number of esters is 1. The Balaban J connectivity index is 1.27. The Kier molecular flexibility index (Phi) is 4.56. The number of carbonyl (C=O) groups is 4. The van der Waals surface area contributed by atoms with Crippen molar-refractivity contribution in [3.8, 4) is 0 Å². The molecule has 2 amide bonds. The first-order chi connectivity index (χ1) is 14.3. The van der Waals surface area contributed by atoms with Gasteiger partial charge in [0.1, 0.15) is 6.04 Å². The zero-order valence-electron chi connectivity index (χ0n) is 16.1. The van der Waals surface area contributed by atoms with Crippen LogP contribution in [0.1, 0.15) is 23.7 Å². The predicted molar refractivity (Wildman–Crippen MR) is 108 cm³/mol. The number of ketones is 1. The van der Waals surface area contributed by atoms with Gasteiger partial charge in [-0.05, 0) is 55.2 Å². The van der Waals surface area contributed by atoms with Crippen LogP contribution in [0.25, 0.3) is 0 Å². The van der Waals surface area contributed by atoms with Crippen molar-refractivity contribution in [1.82, 2.24) is 4.90 Å². The first-order valence-corrected chi connectivity index (χ1v) is 10.8. The fourth-order valence-electron chi connectivity index (χ4n) is 5.52. The van der Waals surface area contributed by atoms with Gasteiger partial charge >= 0.3 is 5.97 Å². The molecule has 1 aromatic carbocycles. The lowest BCUT2D eigenvalue weighted by atomic mass is 9.63. The summed E-state index contributed by atoms with van der Waals surface area (Å²) in [7, 11) is 0. The van der Waals surface area contributed by atoms with Gasteiger partial charge in [0.15, 0.2) is 6.61 Å². The Labute approximate surface area is 183 Å². The summed E-state index contributed by atoms with van der Waals surface area (Å²) in [6, 6.07) is 3.31. The summed E-state index contributed by atoms with van der Waals surface area (Å²) in [4.78, 5) is 52.1. The number of imide groups is 1. The monoisotopic (exact) mass is 447 g/mol. The number of hydrogen-bond acceptors (Lipinski definition) is 5. The predicted octanol–water partition coefficient (Wildman–Crippen LogP) is 3.16. The van der Waals surface area contributed by atoms with Crippen molar-refractivity contribution >= 4 is 46.8 Å². The molecule has 156 valence electrons. The summed E-state index contributed by atoms with van der Waals surface area (Å²) < 4.78 is 5.13. The molecule has 1 heterocycles. The van der Waals surface area contributed by atoms with E-state index in [1.54, 1.807) is 0 Å². The molecule has 0 radical (unpaired) electrons. The van der Waals surface area contributed by atoms with Crippen LogP contribution in [-0.4, -0.2) is 41.1 Å². The number of nitrogens with zero attached hydrogens (tertiary/aromatic N) is 1. The highest BCUT2D eigenvalue weighted by molar-refractivity contribution is 6.36. The Morgan fingerprint density at radius 3 is 2.27 bits per heavy atom. The number of halogens is 2. The van der Waals surface area contributed by atoms with Crippen LogP contribution in [0, 0.1) is 35.5 Å². The minimum Gasteiger partial charge on any atom is -0.456 e. The summed E-state index contributed by atoms with van der Waals surface area (Å²) >= 11 is 11.8. The van der Waals surface area contributed by atoms with E-state index in [-0.39, 0.29) is 46.1 Å². The minimum absolute atomic E-state index is 0.0864. The summed E-state index contributed by atoms with van der Waals surface area (Å²) in [5, 5.41) is 0.544. The van der Waals surface area contributed by atoms with E-state index in [4.69, 9.17) is 27.9 Å². The van der Waals surface area contributed by atoms with Crippen molar-refractivity contribution in [3.05, 3.63) is 46.0 Å². The normalized spacial score (nSPS) is 33.9. The van der Waals surface area contributed by atoms with Gasteiger partial charge in [0.2, 0.25) is 17.6 Å². The topological polar surface area (TPSA) is 80.8 Å². The Bertz CT molecular complexity index is 985. The fraction of sp³-hybridized carbons (Fsp3) is 0.455.